The topological polar surface area (TPSA) is 119 Å². The van der Waals surface area contributed by atoms with Crippen LogP contribution in [0, 0.1) is 15.5 Å². The van der Waals surface area contributed by atoms with Crippen molar-refractivity contribution in [2.45, 2.75) is 13.3 Å². The number of hydrogen-bond acceptors (Lipinski definition) is 7. The zero-order valence-electron chi connectivity index (χ0n) is 11.1. The summed E-state index contributed by atoms with van der Waals surface area (Å²) in [6, 6.07) is 0. The van der Waals surface area contributed by atoms with Gasteiger partial charge in [0.1, 0.15) is 6.33 Å². The van der Waals surface area contributed by atoms with Crippen molar-refractivity contribution >= 4 is 17.5 Å². The SMILES string of the molecule is COc1ncnc(N2CCC(C)(C(=O)O)C2)c1[N+](=O)[O-]. The van der Waals surface area contributed by atoms with Gasteiger partial charge in [0.25, 0.3) is 5.88 Å². The van der Waals surface area contributed by atoms with Gasteiger partial charge < -0.3 is 14.7 Å². The molecule has 108 valence electrons. The molecule has 1 aromatic rings. The second-order valence-electron chi connectivity index (χ2n) is 4.85. The van der Waals surface area contributed by atoms with E-state index in [1.165, 1.54) is 7.11 Å². The minimum Gasteiger partial charge on any atom is -0.481 e. The smallest absolute Gasteiger partial charge is 0.372 e. The van der Waals surface area contributed by atoms with Crippen LogP contribution in [0.25, 0.3) is 0 Å². The molecule has 2 rings (SSSR count). The molecular weight excluding hydrogens is 268 g/mol. The van der Waals surface area contributed by atoms with Crippen molar-refractivity contribution in [3.8, 4) is 5.88 Å². The highest BCUT2D eigenvalue weighted by Gasteiger charge is 2.43. The maximum absolute atomic E-state index is 11.2. The summed E-state index contributed by atoms with van der Waals surface area (Å²) in [7, 11) is 1.28. The number of anilines is 1. The third-order valence-electron chi connectivity index (χ3n) is 3.43. The van der Waals surface area contributed by atoms with Crippen molar-refractivity contribution in [3.05, 3.63) is 16.4 Å². The number of aromatic nitrogens is 2. The fourth-order valence-corrected chi connectivity index (χ4v) is 2.21. The number of carboxylic acids is 1. The van der Waals surface area contributed by atoms with E-state index in [1.54, 1.807) is 11.8 Å². The van der Waals surface area contributed by atoms with E-state index in [0.717, 1.165) is 6.33 Å². The molecule has 0 amide bonds. The first-order valence-corrected chi connectivity index (χ1v) is 5.91. The van der Waals surface area contributed by atoms with Gasteiger partial charge in [0.15, 0.2) is 0 Å². The predicted molar refractivity (Wildman–Crippen MR) is 67.8 cm³/mol. The van der Waals surface area contributed by atoms with Crippen LogP contribution in [0.5, 0.6) is 5.88 Å². The molecule has 1 unspecified atom stereocenters. The quantitative estimate of drug-likeness (QED) is 0.633. The molecule has 1 aliphatic heterocycles. The normalized spacial score (nSPS) is 21.8. The summed E-state index contributed by atoms with van der Waals surface area (Å²) in [6.45, 7) is 2.15. The van der Waals surface area contributed by atoms with E-state index in [4.69, 9.17) is 4.74 Å². The number of carboxylic acid groups (broad SMARTS) is 1. The fourth-order valence-electron chi connectivity index (χ4n) is 2.21. The molecule has 0 bridgehead atoms. The van der Waals surface area contributed by atoms with Gasteiger partial charge in [-0.2, -0.15) is 4.98 Å². The van der Waals surface area contributed by atoms with Crippen LogP contribution in [0.15, 0.2) is 6.33 Å². The molecular formula is C11H14N4O5. The van der Waals surface area contributed by atoms with Crippen molar-refractivity contribution in [2.75, 3.05) is 25.1 Å². The minimum atomic E-state index is -0.938. The molecule has 0 saturated carbocycles. The Bertz CT molecular complexity index is 564. The molecule has 0 radical (unpaired) electrons. The molecule has 0 aromatic carbocycles. The summed E-state index contributed by atoms with van der Waals surface area (Å²) in [5, 5.41) is 20.4. The van der Waals surface area contributed by atoms with Crippen LogP contribution in [0.3, 0.4) is 0 Å². The molecule has 1 fully saturated rings. The number of nitro groups is 1. The molecule has 0 aliphatic carbocycles. The lowest BCUT2D eigenvalue weighted by molar-refractivity contribution is -0.385. The van der Waals surface area contributed by atoms with E-state index in [0.29, 0.717) is 13.0 Å². The van der Waals surface area contributed by atoms with Gasteiger partial charge in [-0.15, -0.1) is 0 Å². The highest BCUT2D eigenvalue weighted by molar-refractivity contribution is 5.77. The Morgan fingerprint density at radius 2 is 2.30 bits per heavy atom. The van der Waals surface area contributed by atoms with Crippen LogP contribution in [-0.4, -0.2) is 46.2 Å². The maximum Gasteiger partial charge on any atom is 0.372 e. The molecule has 1 saturated heterocycles. The summed E-state index contributed by atoms with van der Waals surface area (Å²) in [6.07, 6.45) is 1.56. The summed E-state index contributed by atoms with van der Waals surface area (Å²) >= 11 is 0. The Morgan fingerprint density at radius 1 is 1.60 bits per heavy atom. The zero-order valence-corrected chi connectivity index (χ0v) is 11.1. The second-order valence-corrected chi connectivity index (χ2v) is 4.85. The molecule has 1 N–H and O–H groups in total. The number of methoxy groups -OCH3 is 1. The Balaban J connectivity index is 2.40. The number of nitrogens with zero attached hydrogens (tertiary/aromatic N) is 4. The lowest BCUT2D eigenvalue weighted by atomic mass is 9.90. The number of ether oxygens (including phenoxy) is 1. The van der Waals surface area contributed by atoms with Gasteiger partial charge in [0.2, 0.25) is 5.82 Å². The zero-order chi connectivity index (χ0) is 14.9. The standard InChI is InChI=1S/C11H14N4O5/c1-11(10(16)17)3-4-14(5-11)8-7(15(18)19)9(20-2)13-6-12-8/h6H,3-5H2,1-2H3,(H,16,17). The predicted octanol–water partition coefficient (Wildman–Crippen LogP) is 0.694. The second kappa shape index (κ2) is 4.91. The molecule has 20 heavy (non-hydrogen) atoms. The van der Waals surface area contributed by atoms with E-state index in [-0.39, 0.29) is 23.9 Å². The molecule has 2 heterocycles. The van der Waals surface area contributed by atoms with Gasteiger partial charge in [-0.25, -0.2) is 4.98 Å². The van der Waals surface area contributed by atoms with Crippen LogP contribution in [0.2, 0.25) is 0 Å². The van der Waals surface area contributed by atoms with Crippen LogP contribution >= 0.6 is 0 Å². The Morgan fingerprint density at radius 3 is 2.80 bits per heavy atom. The Hall–Kier alpha value is -2.45. The van der Waals surface area contributed by atoms with Crippen molar-refractivity contribution in [1.29, 1.82) is 0 Å². The highest BCUT2D eigenvalue weighted by Crippen LogP contribution is 2.39. The fraction of sp³-hybridized carbons (Fsp3) is 0.545. The van der Waals surface area contributed by atoms with E-state index < -0.39 is 16.3 Å². The summed E-state index contributed by atoms with van der Waals surface area (Å²) in [5.74, 6) is -0.973. The van der Waals surface area contributed by atoms with Gasteiger partial charge in [-0.3, -0.25) is 14.9 Å². The van der Waals surface area contributed by atoms with Crippen molar-refractivity contribution in [3.63, 3.8) is 0 Å². The number of carbonyl (C=O) groups is 1. The first-order valence-electron chi connectivity index (χ1n) is 5.91. The average molecular weight is 282 g/mol. The Kier molecular flexibility index (Phi) is 3.43. The Labute approximate surface area is 114 Å². The van der Waals surface area contributed by atoms with Crippen molar-refractivity contribution < 1.29 is 19.6 Å². The first-order chi connectivity index (χ1) is 9.39. The van der Waals surface area contributed by atoms with Gasteiger partial charge in [0.05, 0.1) is 17.4 Å². The van der Waals surface area contributed by atoms with Crippen LogP contribution < -0.4 is 9.64 Å². The number of aliphatic carboxylic acids is 1. The van der Waals surface area contributed by atoms with E-state index in [2.05, 4.69) is 9.97 Å². The lowest BCUT2D eigenvalue weighted by Crippen LogP contribution is -2.32. The molecule has 1 aliphatic rings. The number of rotatable bonds is 4. The molecule has 1 aromatic heterocycles. The van der Waals surface area contributed by atoms with E-state index >= 15 is 0 Å². The summed E-state index contributed by atoms with van der Waals surface area (Å²) in [4.78, 5) is 31.0. The highest BCUT2D eigenvalue weighted by atomic mass is 16.6. The molecule has 9 heteroatoms. The summed E-state index contributed by atoms with van der Waals surface area (Å²) < 4.78 is 4.87. The molecule has 9 nitrogen and oxygen atoms in total. The molecule has 0 spiro atoms. The lowest BCUT2D eigenvalue weighted by Gasteiger charge is -2.20. The third kappa shape index (κ3) is 2.22. The van der Waals surface area contributed by atoms with Gasteiger partial charge in [-0.05, 0) is 13.3 Å². The van der Waals surface area contributed by atoms with Crippen LogP contribution in [0.1, 0.15) is 13.3 Å². The average Bonchev–Trinajstić information content (AvgIpc) is 2.81. The van der Waals surface area contributed by atoms with Crippen LogP contribution in [-0.2, 0) is 4.79 Å². The minimum absolute atomic E-state index is 0.0897. The number of hydrogen-bond donors (Lipinski definition) is 1. The van der Waals surface area contributed by atoms with Gasteiger partial charge in [-0.1, -0.05) is 0 Å². The first kappa shape index (κ1) is 14.0. The molecule has 1 atom stereocenters. The van der Waals surface area contributed by atoms with Crippen LogP contribution in [0.4, 0.5) is 11.5 Å². The van der Waals surface area contributed by atoms with E-state index in [9.17, 15) is 20.0 Å². The summed E-state index contributed by atoms with van der Waals surface area (Å²) in [5.41, 5.74) is -1.28. The van der Waals surface area contributed by atoms with Gasteiger partial charge in [0, 0.05) is 13.1 Å². The largest absolute Gasteiger partial charge is 0.481 e. The van der Waals surface area contributed by atoms with Crippen molar-refractivity contribution in [2.24, 2.45) is 5.41 Å². The third-order valence-corrected chi connectivity index (χ3v) is 3.43. The monoisotopic (exact) mass is 282 g/mol. The van der Waals surface area contributed by atoms with Crippen molar-refractivity contribution in [1.82, 2.24) is 9.97 Å². The van der Waals surface area contributed by atoms with Gasteiger partial charge >= 0.3 is 11.7 Å². The maximum atomic E-state index is 11.2. The van der Waals surface area contributed by atoms with E-state index in [1.807, 2.05) is 0 Å².